The number of carbonyl (C=O) groups is 1. The highest BCUT2D eigenvalue weighted by molar-refractivity contribution is 5.89. The van der Waals surface area contributed by atoms with Gasteiger partial charge < -0.3 is 15.2 Å². The minimum Gasteiger partial charge on any atom is -0.489 e. The summed E-state index contributed by atoms with van der Waals surface area (Å²) < 4.78 is 10.3. The molecular formula is C18H23NO3. The molecule has 0 aromatic heterocycles. The average molecular weight is 301 g/mol. The van der Waals surface area contributed by atoms with E-state index in [0.29, 0.717) is 18.7 Å². The molecule has 0 aliphatic heterocycles. The van der Waals surface area contributed by atoms with Crippen LogP contribution >= 0.6 is 0 Å². The average Bonchev–Trinajstić information content (AvgIpc) is 2.62. The van der Waals surface area contributed by atoms with E-state index in [0.717, 1.165) is 16.9 Å². The molecule has 118 valence electrons. The largest absolute Gasteiger partial charge is 0.489 e. The zero-order valence-electron chi connectivity index (χ0n) is 13.3. The van der Waals surface area contributed by atoms with Crippen molar-refractivity contribution in [2.45, 2.75) is 27.0 Å². The highest BCUT2D eigenvalue weighted by atomic mass is 16.5. The zero-order valence-corrected chi connectivity index (χ0v) is 13.3. The third-order valence-corrected chi connectivity index (χ3v) is 2.94. The van der Waals surface area contributed by atoms with Gasteiger partial charge in [0.2, 0.25) is 0 Å². The smallest absolute Gasteiger partial charge is 0.337 e. The molecule has 2 rings (SSSR count). The van der Waals surface area contributed by atoms with E-state index in [-0.39, 0.29) is 5.97 Å². The molecule has 0 aliphatic carbocycles. The van der Waals surface area contributed by atoms with E-state index < -0.39 is 0 Å². The van der Waals surface area contributed by atoms with Crippen LogP contribution in [0, 0.1) is 0 Å². The Morgan fingerprint density at radius 2 is 1.50 bits per heavy atom. The van der Waals surface area contributed by atoms with Crippen LogP contribution in [0.5, 0.6) is 5.75 Å². The first kappa shape index (κ1) is 17.7. The molecule has 0 saturated carbocycles. The Kier molecular flexibility index (Phi) is 7.72. The molecule has 4 heteroatoms. The van der Waals surface area contributed by atoms with Crippen molar-refractivity contribution in [3.63, 3.8) is 0 Å². The van der Waals surface area contributed by atoms with Crippen LogP contribution in [0.4, 0.5) is 0 Å². The van der Waals surface area contributed by atoms with Gasteiger partial charge in [-0.15, -0.1) is 0 Å². The first-order valence-corrected chi connectivity index (χ1v) is 7.32. The van der Waals surface area contributed by atoms with Crippen molar-refractivity contribution in [3.8, 4) is 5.75 Å². The van der Waals surface area contributed by atoms with E-state index in [2.05, 4.69) is 4.74 Å². The minimum atomic E-state index is -0.338. The Morgan fingerprint density at radius 3 is 2.00 bits per heavy atom. The number of hydrogen-bond donors (Lipinski definition) is 1. The van der Waals surface area contributed by atoms with Gasteiger partial charge in [0.15, 0.2) is 0 Å². The molecule has 0 saturated heterocycles. The molecule has 2 aromatic rings. The number of ether oxygens (including phenoxy) is 2. The van der Waals surface area contributed by atoms with E-state index in [1.54, 1.807) is 12.1 Å². The fraction of sp³-hybridized carbons (Fsp3) is 0.278. The molecule has 0 unspecified atom stereocenters. The lowest BCUT2D eigenvalue weighted by molar-refractivity contribution is 0.0600. The SMILES string of the molecule is CC.COC(=O)c1ccc(COc2ccc(CN)cc2)cc1. The van der Waals surface area contributed by atoms with Crippen LogP contribution in [0.1, 0.15) is 35.3 Å². The summed E-state index contributed by atoms with van der Waals surface area (Å²) in [5.74, 6) is 0.453. The molecule has 2 N–H and O–H groups in total. The second kappa shape index (κ2) is 9.58. The molecule has 22 heavy (non-hydrogen) atoms. The van der Waals surface area contributed by atoms with E-state index >= 15 is 0 Å². The molecule has 0 fully saturated rings. The van der Waals surface area contributed by atoms with Crippen LogP contribution in [0.25, 0.3) is 0 Å². The number of methoxy groups -OCH3 is 1. The molecule has 0 bridgehead atoms. The maximum Gasteiger partial charge on any atom is 0.337 e. The summed E-state index contributed by atoms with van der Waals surface area (Å²) in [6.07, 6.45) is 0. The first-order valence-electron chi connectivity index (χ1n) is 7.32. The van der Waals surface area contributed by atoms with Crippen molar-refractivity contribution in [1.82, 2.24) is 0 Å². The Labute approximate surface area is 131 Å². The summed E-state index contributed by atoms with van der Waals surface area (Å²) in [5, 5.41) is 0. The van der Waals surface area contributed by atoms with Gasteiger partial charge >= 0.3 is 5.97 Å². The second-order valence-electron chi connectivity index (χ2n) is 4.33. The topological polar surface area (TPSA) is 61.5 Å². The monoisotopic (exact) mass is 301 g/mol. The molecule has 4 nitrogen and oxygen atoms in total. The molecule has 2 aromatic carbocycles. The molecule has 0 amide bonds. The van der Waals surface area contributed by atoms with Crippen LogP contribution in [0.15, 0.2) is 48.5 Å². The number of nitrogens with two attached hydrogens (primary N) is 1. The molecule has 0 heterocycles. The Bertz CT molecular complexity index is 562. The van der Waals surface area contributed by atoms with Crippen molar-refractivity contribution < 1.29 is 14.3 Å². The summed E-state index contributed by atoms with van der Waals surface area (Å²) in [6.45, 7) is 4.97. The maximum atomic E-state index is 11.3. The minimum absolute atomic E-state index is 0.338. The van der Waals surface area contributed by atoms with Crippen LogP contribution in [0.3, 0.4) is 0 Å². The lowest BCUT2D eigenvalue weighted by Crippen LogP contribution is -2.02. The van der Waals surface area contributed by atoms with Gasteiger partial charge in [0.25, 0.3) is 0 Å². The van der Waals surface area contributed by atoms with Gasteiger partial charge in [-0.05, 0) is 35.4 Å². The second-order valence-corrected chi connectivity index (χ2v) is 4.33. The van der Waals surface area contributed by atoms with Gasteiger partial charge in [-0.3, -0.25) is 0 Å². The summed E-state index contributed by atoms with van der Waals surface area (Å²) >= 11 is 0. The van der Waals surface area contributed by atoms with E-state index in [4.69, 9.17) is 10.5 Å². The molecule has 0 radical (unpaired) electrons. The molecule has 0 aliphatic rings. The van der Waals surface area contributed by atoms with Gasteiger partial charge in [-0.2, -0.15) is 0 Å². The van der Waals surface area contributed by atoms with Crippen LogP contribution in [-0.4, -0.2) is 13.1 Å². The maximum absolute atomic E-state index is 11.3. The molecular weight excluding hydrogens is 278 g/mol. The summed E-state index contributed by atoms with van der Waals surface area (Å²) in [7, 11) is 1.37. The third kappa shape index (κ3) is 5.22. The highest BCUT2D eigenvalue weighted by Gasteiger charge is 2.04. The number of esters is 1. The standard InChI is InChI=1S/C16H17NO3.C2H6/c1-19-16(18)14-6-2-13(3-7-14)11-20-15-8-4-12(10-17)5-9-15;1-2/h2-9H,10-11,17H2,1H3;1-2H3. The van der Waals surface area contributed by atoms with Gasteiger partial charge in [0.05, 0.1) is 12.7 Å². The summed E-state index contributed by atoms with van der Waals surface area (Å²) in [6, 6.07) is 14.8. The van der Waals surface area contributed by atoms with Crippen LogP contribution in [-0.2, 0) is 17.9 Å². The van der Waals surface area contributed by atoms with Gasteiger partial charge in [0, 0.05) is 6.54 Å². The van der Waals surface area contributed by atoms with Crippen molar-refractivity contribution >= 4 is 5.97 Å². The fourth-order valence-corrected chi connectivity index (χ4v) is 1.74. The Morgan fingerprint density at radius 1 is 0.955 bits per heavy atom. The first-order chi connectivity index (χ1) is 10.7. The number of carbonyl (C=O) groups excluding carboxylic acids is 1. The van der Waals surface area contributed by atoms with Crippen molar-refractivity contribution in [1.29, 1.82) is 0 Å². The molecule has 0 spiro atoms. The summed E-state index contributed by atoms with van der Waals surface area (Å²) in [4.78, 5) is 11.3. The predicted octanol–water partition coefficient (Wildman–Crippen LogP) is 3.54. The van der Waals surface area contributed by atoms with Crippen LogP contribution in [0.2, 0.25) is 0 Å². The number of rotatable bonds is 5. The van der Waals surface area contributed by atoms with Crippen molar-refractivity contribution in [2.75, 3.05) is 7.11 Å². The third-order valence-electron chi connectivity index (χ3n) is 2.94. The normalized spacial score (nSPS) is 9.45. The Hall–Kier alpha value is -2.33. The predicted molar refractivity (Wildman–Crippen MR) is 87.8 cm³/mol. The Balaban J connectivity index is 0.00000116. The van der Waals surface area contributed by atoms with Gasteiger partial charge in [-0.25, -0.2) is 4.79 Å². The van der Waals surface area contributed by atoms with Crippen molar-refractivity contribution in [3.05, 3.63) is 65.2 Å². The van der Waals surface area contributed by atoms with E-state index in [9.17, 15) is 4.79 Å². The van der Waals surface area contributed by atoms with Crippen molar-refractivity contribution in [2.24, 2.45) is 5.73 Å². The van der Waals surface area contributed by atoms with Gasteiger partial charge in [-0.1, -0.05) is 38.1 Å². The quantitative estimate of drug-likeness (QED) is 0.858. The van der Waals surface area contributed by atoms with Crippen LogP contribution < -0.4 is 10.5 Å². The summed E-state index contributed by atoms with van der Waals surface area (Å²) in [5.41, 5.74) is 8.12. The molecule has 0 atom stereocenters. The van der Waals surface area contributed by atoms with E-state index in [1.807, 2.05) is 50.2 Å². The van der Waals surface area contributed by atoms with E-state index in [1.165, 1.54) is 7.11 Å². The number of hydrogen-bond acceptors (Lipinski definition) is 4. The highest BCUT2D eigenvalue weighted by Crippen LogP contribution is 2.14. The lowest BCUT2D eigenvalue weighted by atomic mass is 10.1. The fourth-order valence-electron chi connectivity index (χ4n) is 1.74. The van der Waals surface area contributed by atoms with Gasteiger partial charge in [0.1, 0.15) is 12.4 Å². The number of benzene rings is 2. The zero-order chi connectivity index (χ0) is 16.4. The lowest BCUT2D eigenvalue weighted by Gasteiger charge is -2.07.